The molecule has 3 aromatic rings. The maximum Gasteiger partial charge on any atom is 0.503 e. The van der Waals surface area contributed by atoms with Gasteiger partial charge in [0.25, 0.3) is 0 Å². The summed E-state index contributed by atoms with van der Waals surface area (Å²) in [5.74, 6) is -89.6. The van der Waals surface area contributed by atoms with Crippen LogP contribution in [0.3, 0.4) is 0 Å². The standard InChI is InChI=1S/C24H9F24S/c25-13(26)14(27,28)15(29,30)16(31,32)17(33,34)18(35,36)19(37,38)20(39,40)21(41,42)22(43,44)23(45,46)24(47,48)49-11-7-3-1-5-9(11)10-6-2-4-8-12(10)49/h1-8,13H/q+1. The number of hydrogen-bond donors (Lipinski definition) is 0. The molecule has 0 nitrogen and oxygen atoms in total. The number of thiophene rings is 1. The van der Waals surface area contributed by atoms with Gasteiger partial charge in [0, 0.05) is 10.8 Å². The number of benzene rings is 2. The molecule has 0 radical (unpaired) electrons. The third kappa shape index (κ3) is 4.70. The quantitative estimate of drug-likeness (QED) is 0.127. The molecule has 0 bridgehead atoms. The van der Waals surface area contributed by atoms with Crippen molar-refractivity contribution in [2.45, 2.75) is 70.9 Å². The van der Waals surface area contributed by atoms with Gasteiger partial charge in [-0.15, -0.1) is 8.78 Å². The lowest BCUT2D eigenvalue weighted by atomic mass is 9.85. The molecule has 0 fully saturated rings. The largest absolute Gasteiger partial charge is 0.503 e. The van der Waals surface area contributed by atoms with Crippen molar-refractivity contribution in [3.8, 4) is 0 Å². The van der Waals surface area contributed by atoms with Crippen molar-refractivity contribution in [3.05, 3.63) is 48.5 Å². The van der Waals surface area contributed by atoms with Crippen LogP contribution in [0, 0.1) is 0 Å². The molecule has 278 valence electrons. The first kappa shape index (κ1) is 40.4. The Bertz CT molecular complexity index is 1650. The number of rotatable bonds is 12. The van der Waals surface area contributed by atoms with Crippen molar-refractivity contribution in [3.63, 3.8) is 0 Å². The Morgan fingerprint density at radius 3 is 0.878 bits per heavy atom. The summed E-state index contributed by atoms with van der Waals surface area (Å²) in [5.41, 5.74) is 0. The molecule has 25 heteroatoms. The Kier molecular flexibility index (Phi) is 9.06. The van der Waals surface area contributed by atoms with Crippen LogP contribution in [0.1, 0.15) is 0 Å². The third-order valence-corrected chi connectivity index (χ3v) is 9.33. The van der Waals surface area contributed by atoms with Crippen LogP contribution in [0.15, 0.2) is 48.5 Å². The zero-order valence-corrected chi connectivity index (χ0v) is 23.0. The molecule has 1 aromatic heterocycles. The van der Waals surface area contributed by atoms with Gasteiger partial charge in [-0.1, -0.05) is 24.3 Å². The third-order valence-electron chi connectivity index (χ3n) is 6.97. The van der Waals surface area contributed by atoms with Crippen molar-refractivity contribution >= 4 is 30.6 Å². The zero-order chi connectivity index (χ0) is 38.6. The summed E-state index contributed by atoms with van der Waals surface area (Å²) in [6, 6.07) is 6.25. The SMILES string of the molecule is FC(F)C(F)(F)C(F)(F)C(F)(F)C(F)(F)C(F)(F)C(F)(F)C(F)(F)C(F)(F)C(F)(F)C(F)(F)C(F)(F)[s+]1c2ccccc2c2ccccc21. The van der Waals surface area contributed by atoms with Gasteiger partial charge in [0.15, 0.2) is 9.40 Å². The van der Waals surface area contributed by atoms with E-state index in [1.54, 1.807) is 0 Å². The molecule has 2 aromatic carbocycles. The Morgan fingerprint density at radius 2 is 0.592 bits per heavy atom. The van der Waals surface area contributed by atoms with Crippen LogP contribution in [-0.2, 0) is 5.25 Å². The minimum absolute atomic E-state index is 0.484. The highest BCUT2D eigenvalue weighted by atomic mass is 32.2. The molecule has 0 amide bonds. The summed E-state index contributed by atoms with van der Waals surface area (Å²) < 4.78 is 332. The van der Waals surface area contributed by atoms with E-state index in [1.165, 1.54) is 0 Å². The molecule has 0 N–H and O–H groups in total. The monoisotopic (exact) mass is 785 g/mol. The molecule has 0 spiro atoms. The average molecular weight is 785 g/mol. The molecule has 0 aliphatic carbocycles. The topological polar surface area (TPSA) is 0 Å². The van der Waals surface area contributed by atoms with Gasteiger partial charge in [0.2, 0.25) is 0 Å². The predicted octanol–water partition coefficient (Wildman–Crippen LogP) is 11.9. The second kappa shape index (κ2) is 11.0. The maximum atomic E-state index is 15.3. The van der Waals surface area contributed by atoms with E-state index in [-0.39, 0.29) is 0 Å². The van der Waals surface area contributed by atoms with Crippen molar-refractivity contribution in [2.24, 2.45) is 0 Å². The summed E-state index contributed by atoms with van der Waals surface area (Å²) in [7, 11) is -3.96. The smallest absolute Gasteiger partial charge is 0.203 e. The normalized spacial score (nSPS) is 15.9. The minimum Gasteiger partial charge on any atom is -0.203 e. The van der Waals surface area contributed by atoms with Crippen LogP contribution < -0.4 is 0 Å². The van der Waals surface area contributed by atoms with Crippen molar-refractivity contribution in [1.29, 1.82) is 0 Å². The van der Waals surface area contributed by atoms with Crippen LogP contribution >= 0.6 is 10.5 Å². The number of alkyl halides is 24. The van der Waals surface area contributed by atoms with Crippen LogP contribution in [-0.4, -0.2) is 65.7 Å². The Labute approximate surface area is 256 Å². The first-order valence-corrected chi connectivity index (χ1v) is 13.1. The Hall–Kier alpha value is -3.02. The van der Waals surface area contributed by atoms with Gasteiger partial charge in [0.1, 0.15) is 0 Å². The molecule has 0 aliphatic rings. The van der Waals surface area contributed by atoms with Gasteiger partial charge in [-0.05, 0) is 24.3 Å². The second-order valence-corrected chi connectivity index (χ2v) is 11.9. The fraction of sp³-hybridized carbons (Fsp3) is 0.500. The van der Waals surface area contributed by atoms with E-state index < -0.39 is 102 Å². The van der Waals surface area contributed by atoms with E-state index >= 15 is 8.78 Å². The summed E-state index contributed by atoms with van der Waals surface area (Å²) in [4.78, 5) is 0. The fourth-order valence-corrected chi connectivity index (χ4v) is 6.57. The molecule has 0 saturated heterocycles. The molecular weight excluding hydrogens is 776 g/mol. The maximum absolute atomic E-state index is 15.3. The van der Waals surface area contributed by atoms with Gasteiger partial charge in [-0.2, -0.15) is 87.8 Å². The van der Waals surface area contributed by atoms with E-state index in [1.807, 2.05) is 0 Å². The fourth-order valence-electron chi connectivity index (χ4n) is 4.17. The van der Waals surface area contributed by atoms with Crippen molar-refractivity contribution in [2.75, 3.05) is 0 Å². The Morgan fingerprint density at radius 1 is 0.347 bits per heavy atom. The lowest BCUT2D eigenvalue weighted by molar-refractivity contribution is -0.475. The molecule has 3 rings (SSSR count). The van der Waals surface area contributed by atoms with Crippen LogP contribution in [0.5, 0.6) is 0 Å². The number of hydrogen-bond acceptors (Lipinski definition) is 0. The van der Waals surface area contributed by atoms with Crippen molar-refractivity contribution < 1.29 is 105 Å². The lowest BCUT2D eigenvalue weighted by Gasteiger charge is -2.45. The highest BCUT2D eigenvalue weighted by Gasteiger charge is 2.99. The van der Waals surface area contributed by atoms with Gasteiger partial charge in [0.05, 0.1) is 10.5 Å². The zero-order valence-electron chi connectivity index (χ0n) is 22.2. The molecule has 49 heavy (non-hydrogen) atoms. The van der Waals surface area contributed by atoms with E-state index in [2.05, 4.69) is 0 Å². The Balaban J connectivity index is 2.24. The number of halogens is 24. The van der Waals surface area contributed by atoms with Crippen LogP contribution in [0.4, 0.5) is 105 Å². The van der Waals surface area contributed by atoms with E-state index in [9.17, 15) is 96.6 Å². The first-order chi connectivity index (χ1) is 21.5. The molecule has 0 atom stereocenters. The highest BCUT2D eigenvalue weighted by Crippen LogP contribution is 2.70. The minimum atomic E-state index is -9.49. The van der Waals surface area contributed by atoms with E-state index in [4.69, 9.17) is 0 Å². The van der Waals surface area contributed by atoms with Gasteiger partial charge in [-0.3, -0.25) is 0 Å². The van der Waals surface area contributed by atoms with Gasteiger partial charge < -0.3 is 0 Å². The van der Waals surface area contributed by atoms with Gasteiger partial charge >= 0.3 is 70.9 Å². The molecular formula is C24H9F24S+. The average Bonchev–Trinajstić information content (AvgIpc) is 3.31. The van der Waals surface area contributed by atoms with Crippen molar-refractivity contribution in [1.82, 2.24) is 0 Å². The molecule has 1 heterocycles. The summed E-state index contributed by atoms with van der Waals surface area (Å²) in [6.07, 6.45) is -6.26. The lowest BCUT2D eigenvalue weighted by Crippen LogP contribution is -2.77. The van der Waals surface area contributed by atoms with E-state index in [0.717, 1.165) is 36.4 Å². The number of fused-ring (bicyclic) bond motifs is 3. The molecule has 0 unspecified atom stereocenters. The summed E-state index contributed by atoms with van der Waals surface area (Å²) in [6.45, 7) is 0. The van der Waals surface area contributed by atoms with Crippen LogP contribution in [0.2, 0.25) is 0 Å². The molecule has 0 saturated carbocycles. The first-order valence-electron chi connectivity index (χ1n) is 11.9. The second-order valence-electron chi connectivity index (χ2n) is 9.91. The van der Waals surface area contributed by atoms with Crippen LogP contribution in [0.25, 0.3) is 20.2 Å². The van der Waals surface area contributed by atoms with Gasteiger partial charge in [-0.25, -0.2) is 8.78 Å². The molecule has 0 aliphatic heterocycles. The summed E-state index contributed by atoms with van der Waals surface area (Å²) in [5, 5.41) is -7.85. The van der Waals surface area contributed by atoms with E-state index in [0.29, 0.717) is 12.1 Å². The predicted molar refractivity (Wildman–Crippen MR) is 120 cm³/mol. The highest BCUT2D eigenvalue weighted by molar-refractivity contribution is 7.44. The summed E-state index contributed by atoms with van der Waals surface area (Å²) >= 11 is 0.